The van der Waals surface area contributed by atoms with Crippen LogP contribution in [0.1, 0.15) is 87.1 Å². The maximum atomic E-state index is 12.6. The third-order valence-corrected chi connectivity index (χ3v) is 5.04. The van der Waals surface area contributed by atoms with Crippen molar-refractivity contribution in [3.63, 3.8) is 0 Å². The number of hydrogen-bond acceptors (Lipinski definition) is 5. The summed E-state index contributed by atoms with van der Waals surface area (Å²) in [5, 5.41) is 21.2. The van der Waals surface area contributed by atoms with Crippen LogP contribution in [0, 0.1) is 12.8 Å². The van der Waals surface area contributed by atoms with Crippen molar-refractivity contribution in [1.29, 1.82) is 0 Å². The zero-order chi connectivity index (χ0) is 22.3. The van der Waals surface area contributed by atoms with E-state index in [-0.39, 0.29) is 40.7 Å². The van der Waals surface area contributed by atoms with Crippen molar-refractivity contribution in [1.82, 2.24) is 0 Å². The number of aromatic hydroxyl groups is 2. The van der Waals surface area contributed by atoms with Gasteiger partial charge in [0.2, 0.25) is 0 Å². The molecule has 0 spiro atoms. The van der Waals surface area contributed by atoms with E-state index in [9.17, 15) is 19.8 Å². The lowest BCUT2D eigenvalue weighted by Gasteiger charge is -2.19. The van der Waals surface area contributed by atoms with E-state index in [0.717, 1.165) is 18.4 Å². The van der Waals surface area contributed by atoms with Gasteiger partial charge < -0.3 is 14.9 Å². The molecule has 0 heterocycles. The minimum atomic E-state index is -0.509. The summed E-state index contributed by atoms with van der Waals surface area (Å²) in [7, 11) is 0. The summed E-state index contributed by atoms with van der Waals surface area (Å²) >= 11 is 0. The fraction of sp³-hybridized carbons (Fsp3) is 0.500. The van der Waals surface area contributed by atoms with Gasteiger partial charge in [0.05, 0.1) is 0 Å². The van der Waals surface area contributed by atoms with Crippen LogP contribution in [0.25, 0.3) is 0 Å². The fourth-order valence-corrected chi connectivity index (χ4v) is 2.96. The lowest BCUT2D eigenvalue weighted by Crippen LogP contribution is -2.14. The van der Waals surface area contributed by atoms with E-state index in [2.05, 4.69) is 19.9 Å². The number of ketones is 2. The molecular formula is C24H34O5. The lowest BCUT2D eigenvalue weighted by atomic mass is 9.90. The molecule has 0 aromatic heterocycles. The van der Waals surface area contributed by atoms with E-state index in [4.69, 9.17) is 4.74 Å². The van der Waals surface area contributed by atoms with Crippen LogP contribution in [0.15, 0.2) is 23.3 Å². The van der Waals surface area contributed by atoms with Crippen molar-refractivity contribution < 1.29 is 24.5 Å². The Labute approximate surface area is 174 Å². The molecule has 1 aromatic rings. The summed E-state index contributed by atoms with van der Waals surface area (Å²) in [6.45, 7) is 12.8. The molecule has 0 unspecified atom stereocenters. The quantitative estimate of drug-likeness (QED) is 0.375. The van der Waals surface area contributed by atoms with Gasteiger partial charge in [0.1, 0.15) is 35.0 Å². The highest BCUT2D eigenvalue weighted by atomic mass is 16.5. The molecule has 0 amide bonds. The van der Waals surface area contributed by atoms with Crippen molar-refractivity contribution in [2.75, 3.05) is 6.61 Å². The fourth-order valence-electron chi connectivity index (χ4n) is 2.96. The van der Waals surface area contributed by atoms with E-state index >= 15 is 0 Å². The second kappa shape index (κ2) is 10.8. The van der Waals surface area contributed by atoms with Crippen LogP contribution in [0.2, 0.25) is 0 Å². The third kappa shape index (κ3) is 6.21. The monoisotopic (exact) mass is 402 g/mol. The number of phenolic OH excluding ortho intramolecular Hbond substituents is 2. The number of ether oxygens (including phenoxy) is 1. The molecule has 5 nitrogen and oxygen atoms in total. The van der Waals surface area contributed by atoms with Gasteiger partial charge in [0, 0.05) is 11.5 Å². The Morgan fingerprint density at radius 2 is 1.66 bits per heavy atom. The van der Waals surface area contributed by atoms with Gasteiger partial charge in [-0.05, 0) is 60.0 Å². The zero-order valence-electron chi connectivity index (χ0n) is 18.7. The summed E-state index contributed by atoms with van der Waals surface area (Å²) in [4.78, 5) is 24.8. The average Bonchev–Trinajstić information content (AvgIpc) is 2.64. The topological polar surface area (TPSA) is 83.8 Å². The Balaban J connectivity index is 3.23. The van der Waals surface area contributed by atoms with E-state index in [1.54, 1.807) is 13.8 Å². The predicted molar refractivity (Wildman–Crippen MR) is 116 cm³/mol. The number of hydrogen-bond donors (Lipinski definition) is 2. The standard InChI is InChI=1S/C24H34O5/c1-8-16(5)21(26)20-22(27)17(6)24(19(18(7)25)23(20)28)29-13-12-15(4)11-9-10-14(2)3/h10,12,16,27-28H,8-9,11,13H2,1-7H3/t16-/m1/s1. The SMILES string of the molecule is CC[C@@H](C)C(=O)c1c(O)c(C)c(OCC=C(C)CCC=C(C)C)c(C(C)=O)c1O. The van der Waals surface area contributed by atoms with Gasteiger partial charge >= 0.3 is 0 Å². The third-order valence-electron chi connectivity index (χ3n) is 5.04. The van der Waals surface area contributed by atoms with Gasteiger partial charge in [-0.2, -0.15) is 0 Å². The Bertz CT molecular complexity index is 826. The van der Waals surface area contributed by atoms with Crippen LogP contribution in [0.4, 0.5) is 0 Å². The molecule has 1 rings (SSSR count). The highest BCUT2D eigenvalue weighted by molar-refractivity contribution is 6.09. The molecule has 1 aromatic carbocycles. The van der Waals surface area contributed by atoms with E-state index in [0.29, 0.717) is 6.42 Å². The Kier molecular flexibility index (Phi) is 9.15. The van der Waals surface area contributed by atoms with Gasteiger partial charge in [-0.15, -0.1) is 0 Å². The summed E-state index contributed by atoms with van der Waals surface area (Å²) < 4.78 is 5.77. The van der Waals surface area contributed by atoms with Crippen molar-refractivity contribution in [2.24, 2.45) is 5.92 Å². The molecule has 0 saturated carbocycles. The largest absolute Gasteiger partial charge is 0.507 e. The van der Waals surface area contributed by atoms with Crippen molar-refractivity contribution in [3.8, 4) is 17.2 Å². The smallest absolute Gasteiger partial charge is 0.173 e. The summed E-state index contributed by atoms with van der Waals surface area (Å²) in [6, 6.07) is 0. The number of benzene rings is 1. The highest BCUT2D eigenvalue weighted by Gasteiger charge is 2.30. The summed E-state index contributed by atoms with van der Waals surface area (Å²) in [6.07, 6.45) is 6.47. The maximum absolute atomic E-state index is 12.6. The number of phenols is 2. The van der Waals surface area contributed by atoms with Crippen molar-refractivity contribution in [2.45, 2.75) is 67.7 Å². The Morgan fingerprint density at radius 1 is 1.03 bits per heavy atom. The first-order chi connectivity index (χ1) is 13.5. The zero-order valence-corrected chi connectivity index (χ0v) is 18.7. The predicted octanol–water partition coefficient (Wildman–Crippen LogP) is 5.91. The van der Waals surface area contributed by atoms with Crippen LogP contribution in [-0.4, -0.2) is 28.4 Å². The number of carbonyl (C=O) groups is 2. The molecule has 5 heteroatoms. The molecule has 0 radical (unpaired) electrons. The summed E-state index contributed by atoms with van der Waals surface area (Å²) in [5.41, 5.74) is 2.41. The second-order valence-electron chi connectivity index (χ2n) is 7.81. The normalized spacial score (nSPS) is 12.4. The first-order valence-electron chi connectivity index (χ1n) is 10.1. The van der Waals surface area contributed by atoms with Crippen LogP contribution in [-0.2, 0) is 0 Å². The van der Waals surface area contributed by atoms with E-state index in [1.807, 2.05) is 19.9 Å². The van der Waals surface area contributed by atoms with Gasteiger partial charge in [0.25, 0.3) is 0 Å². The minimum Gasteiger partial charge on any atom is -0.507 e. The molecule has 0 aliphatic rings. The number of Topliss-reactive ketones (excluding diaryl/α,β-unsaturated/α-hetero) is 2. The number of allylic oxidation sites excluding steroid dienone is 3. The molecule has 0 bridgehead atoms. The van der Waals surface area contributed by atoms with Crippen LogP contribution >= 0.6 is 0 Å². The van der Waals surface area contributed by atoms with Crippen LogP contribution in [0.5, 0.6) is 17.2 Å². The van der Waals surface area contributed by atoms with Gasteiger partial charge in [-0.25, -0.2) is 0 Å². The van der Waals surface area contributed by atoms with Gasteiger partial charge in [-0.3, -0.25) is 9.59 Å². The molecule has 0 saturated heterocycles. The second-order valence-corrected chi connectivity index (χ2v) is 7.81. The molecule has 0 fully saturated rings. The Morgan fingerprint density at radius 3 is 2.17 bits per heavy atom. The minimum absolute atomic E-state index is 0.0671. The molecule has 1 atom stereocenters. The number of rotatable bonds is 10. The molecule has 160 valence electrons. The molecule has 2 N–H and O–H groups in total. The Hall–Kier alpha value is -2.56. The number of carbonyl (C=O) groups excluding carboxylic acids is 2. The van der Waals surface area contributed by atoms with E-state index in [1.165, 1.54) is 12.5 Å². The molecule has 0 aliphatic carbocycles. The van der Waals surface area contributed by atoms with Crippen molar-refractivity contribution in [3.05, 3.63) is 40.0 Å². The average molecular weight is 403 g/mol. The lowest BCUT2D eigenvalue weighted by molar-refractivity contribution is 0.0921. The van der Waals surface area contributed by atoms with Crippen molar-refractivity contribution >= 4 is 11.6 Å². The summed E-state index contributed by atoms with van der Waals surface area (Å²) in [5.74, 6) is -1.94. The molecular weight excluding hydrogens is 368 g/mol. The maximum Gasteiger partial charge on any atom is 0.173 e. The van der Waals surface area contributed by atoms with E-state index < -0.39 is 17.3 Å². The molecule has 0 aliphatic heterocycles. The molecule has 29 heavy (non-hydrogen) atoms. The van der Waals surface area contributed by atoms with Crippen LogP contribution < -0.4 is 4.74 Å². The van der Waals surface area contributed by atoms with Crippen LogP contribution in [0.3, 0.4) is 0 Å². The van der Waals surface area contributed by atoms with Gasteiger partial charge in [-0.1, -0.05) is 31.1 Å². The highest BCUT2D eigenvalue weighted by Crippen LogP contribution is 2.43. The first-order valence-corrected chi connectivity index (χ1v) is 10.1. The first kappa shape index (κ1) is 24.5. The van der Waals surface area contributed by atoms with Gasteiger partial charge in [0.15, 0.2) is 11.6 Å².